The molecule has 0 amide bonds. The Kier molecular flexibility index (Phi) is 5.50. The molecular formula is C21H19F5O5S. The maximum absolute atomic E-state index is 15.1. The zero-order valence-corrected chi connectivity index (χ0v) is 17.3. The Bertz CT molecular complexity index is 1130. The number of sulfone groups is 1. The summed E-state index contributed by atoms with van der Waals surface area (Å²) in [5, 5.41) is 20.2. The first-order valence-corrected chi connectivity index (χ1v) is 11.3. The van der Waals surface area contributed by atoms with Crippen molar-refractivity contribution >= 4 is 9.84 Å². The van der Waals surface area contributed by atoms with Gasteiger partial charge >= 0.3 is 6.18 Å². The Hall–Kier alpha value is -2.24. The van der Waals surface area contributed by atoms with E-state index in [9.17, 15) is 36.2 Å². The first kappa shape index (κ1) is 22.9. The molecule has 2 aromatic rings. The van der Waals surface area contributed by atoms with Gasteiger partial charge in [-0.2, -0.15) is 13.2 Å². The second-order valence-corrected chi connectivity index (χ2v) is 10.2. The van der Waals surface area contributed by atoms with Crippen LogP contribution in [-0.2, 0) is 20.8 Å². The number of fused-ring (bicyclic) bond motifs is 3. The third kappa shape index (κ3) is 3.20. The highest BCUT2D eigenvalue weighted by atomic mass is 32.2. The molecule has 0 radical (unpaired) electrons. The molecule has 1 saturated carbocycles. The largest absolute Gasteiger partial charge is 0.490 e. The van der Waals surface area contributed by atoms with Crippen LogP contribution in [0.2, 0.25) is 0 Å². The number of halogens is 5. The molecule has 32 heavy (non-hydrogen) atoms. The van der Waals surface area contributed by atoms with Crippen LogP contribution in [0.4, 0.5) is 22.0 Å². The smallest absolute Gasteiger partial charge is 0.416 e. The quantitative estimate of drug-likeness (QED) is 0.661. The molecule has 0 aromatic heterocycles. The highest BCUT2D eigenvalue weighted by Gasteiger charge is 2.62. The van der Waals surface area contributed by atoms with Crippen molar-refractivity contribution in [1.82, 2.24) is 0 Å². The Labute approximate surface area is 180 Å². The van der Waals surface area contributed by atoms with Crippen molar-refractivity contribution in [3.05, 3.63) is 59.2 Å². The monoisotopic (exact) mass is 478 g/mol. The van der Waals surface area contributed by atoms with Gasteiger partial charge in [0.05, 0.1) is 28.7 Å². The standard InChI is InChI=1S/C21H19F5O5S/c22-15-5-6-16(23)19-18(15)20(8-7-17(28)13(9-27)14(20)10-31-19)32(29,30)12-3-1-11(2-4-12)21(24,25)26/h1-6,13-14,17,27-28H,7-10H2/t13-,14-,17?,20-/m0/s1. The van der Waals surface area contributed by atoms with Crippen molar-refractivity contribution in [3.8, 4) is 5.75 Å². The molecule has 2 N–H and O–H groups in total. The highest BCUT2D eigenvalue weighted by Crippen LogP contribution is 2.58. The van der Waals surface area contributed by atoms with Crippen LogP contribution in [-0.4, -0.2) is 37.9 Å². The van der Waals surface area contributed by atoms with Crippen molar-refractivity contribution in [2.45, 2.75) is 34.8 Å². The maximum atomic E-state index is 15.1. The molecule has 1 unspecified atom stereocenters. The van der Waals surface area contributed by atoms with E-state index in [1.165, 1.54) is 0 Å². The average molecular weight is 478 g/mol. The lowest BCUT2D eigenvalue weighted by atomic mass is 9.66. The third-order valence-electron chi connectivity index (χ3n) is 6.49. The molecule has 0 spiro atoms. The molecule has 11 heteroatoms. The molecule has 0 saturated heterocycles. The summed E-state index contributed by atoms with van der Waals surface area (Å²) in [5.41, 5.74) is -1.64. The normalized spacial score (nSPS) is 27.9. The van der Waals surface area contributed by atoms with E-state index >= 15 is 4.39 Å². The van der Waals surface area contributed by atoms with Crippen LogP contribution in [0.1, 0.15) is 24.0 Å². The van der Waals surface area contributed by atoms with Crippen LogP contribution in [0.15, 0.2) is 41.3 Å². The molecule has 1 fully saturated rings. The number of benzene rings is 2. The van der Waals surface area contributed by atoms with Gasteiger partial charge in [0.15, 0.2) is 21.4 Å². The Morgan fingerprint density at radius 1 is 1.06 bits per heavy atom. The van der Waals surface area contributed by atoms with E-state index in [0.717, 1.165) is 24.3 Å². The molecular weight excluding hydrogens is 459 g/mol. The van der Waals surface area contributed by atoms with Crippen LogP contribution in [0.3, 0.4) is 0 Å². The van der Waals surface area contributed by atoms with Crippen LogP contribution < -0.4 is 4.74 Å². The molecule has 1 heterocycles. The van der Waals surface area contributed by atoms with Crippen LogP contribution in [0, 0.1) is 23.5 Å². The lowest BCUT2D eigenvalue weighted by Gasteiger charge is -2.51. The summed E-state index contributed by atoms with van der Waals surface area (Å²) in [6.07, 6.45) is -6.31. The molecule has 1 aliphatic carbocycles. The van der Waals surface area contributed by atoms with Crippen molar-refractivity contribution < 1.29 is 45.3 Å². The Balaban J connectivity index is 1.98. The zero-order valence-electron chi connectivity index (χ0n) is 16.4. The van der Waals surface area contributed by atoms with E-state index in [0.29, 0.717) is 12.1 Å². The number of hydrogen-bond acceptors (Lipinski definition) is 5. The first-order valence-electron chi connectivity index (χ1n) is 9.77. The SMILES string of the molecule is O=S(=O)(c1ccc(C(F)(F)F)cc1)[C@@]12CCC(O)[C@@H](CO)[C@@H]1COc1c(F)ccc(F)c12. The maximum Gasteiger partial charge on any atom is 0.416 e. The molecule has 4 rings (SSSR count). The number of ether oxygens (including phenoxy) is 1. The van der Waals surface area contributed by atoms with Gasteiger partial charge in [-0.3, -0.25) is 0 Å². The van der Waals surface area contributed by atoms with Gasteiger partial charge in [-0.05, 0) is 49.2 Å². The third-order valence-corrected chi connectivity index (χ3v) is 9.06. The summed E-state index contributed by atoms with van der Waals surface area (Å²) in [6, 6.07) is 4.28. The summed E-state index contributed by atoms with van der Waals surface area (Å²) < 4.78 is 99.5. The van der Waals surface area contributed by atoms with E-state index < -0.39 is 85.3 Å². The molecule has 2 aliphatic rings. The predicted molar refractivity (Wildman–Crippen MR) is 101 cm³/mol. The van der Waals surface area contributed by atoms with Crippen molar-refractivity contribution in [2.75, 3.05) is 13.2 Å². The number of aliphatic hydroxyl groups is 2. The van der Waals surface area contributed by atoms with Crippen LogP contribution >= 0.6 is 0 Å². The minimum absolute atomic E-state index is 0.156. The minimum atomic E-state index is -4.69. The van der Waals surface area contributed by atoms with Gasteiger partial charge in [-0.1, -0.05) is 0 Å². The number of alkyl halides is 3. The fourth-order valence-corrected chi connectivity index (χ4v) is 7.34. The molecule has 4 atom stereocenters. The number of aliphatic hydroxyl groups excluding tert-OH is 2. The summed E-state index contributed by atoms with van der Waals surface area (Å²) in [6.45, 7) is -1.08. The van der Waals surface area contributed by atoms with Gasteiger partial charge in [-0.15, -0.1) is 0 Å². The van der Waals surface area contributed by atoms with Gasteiger partial charge < -0.3 is 14.9 Å². The molecule has 2 aromatic carbocycles. The molecule has 5 nitrogen and oxygen atoms in total. The lowest BCUT2D eigenvalue weighted by Crippen LogP contribution is -2.58. The van der Waals surface area contributed by atoms with E-state index in [1.807, 2.05) is 0 Å². The fourth-order valence-electron chi connectivity index (χ4n) is 4.94. The Morgan fingerprint density at radius 3 is 2.28 bits per heavy atom. The zero-order chi connectivity index (χ0) is 23.5. The summed E-state index contributed by atoms with van der Waals surface area (Å²) in [7, 11) is -4.64. The topological polar surface area (TPSA) is 83.8 Å². The number of rotatable bonds is 3. The fraction of sp³-hybridized carbons (Fsp3) is 0.429. The first-order chi connectivity index (χ1) is 14.9. The summed E-state index contributed by atoms with van der Waals surface area (Å²) in [5.74, 6) is -4.86. The second kappa shape index (κ2) is 7.67. The minimum Gasteiger partial charge on any atom is -0.490 e. The van der Waals surface area contributed by atoms with Gasteiger partial charge in [0, 0.05) is 18.4 Å². The van der Waals surface area contributed by atoms with Gasteiger partial charge in [-0.25, -0.2) is 17.2 Å². The molecule has 0 bridgehead atoms. The van der Waals surface area contributed by atoms with E-state index in [-0.39, 0.29) is 12.8 Å². The van der Waals surface area contributed by atoms with Crippen molar-refractivity contribution in [2.24, 2.45) is 11.8 Å². The number of hydrogen-bond donors (Lipinski definition) is 2. The van der Waals surface area contributed by atoms with Gasteiger partial charge in [0.2, 0.25) is 0 Å². The lowest BCUT2D eigenvalue weighted by molar-refractivity contribution is -0.137. The average Bonchev–Trinajstić information content (AvgIpc) is 2.75. The van der Waals surface area contributed by atoms with E-state index in [4.69, 9.17) is 4.74 Å². The summed E-state index contributed by atoms with van der Waals surface area (Å²) >= 11 is 0. The van der Waals surface area contributed by atoms with E-state index in [2.05, 4.69) is 0 Å². The highest BCUT2D eigenvalue weighted by molar-refractivity contribution is 7.92. The second-order valence-electron chi connectivity index (χ2n) is 8.02. The predicted octanol–water partition coefficient (Wildman–Crippen LogP) is 3.42. The molecule has 1 aliphatic heterocycles. The van der Waals surface area contributed by atoms with E-state index in [1.54, 1.807) is 0 Å². The van der Waals surface area contributed by atoms with Crippen molar-refractivity contribution in [3.63, 3.8) is 0 Å². The molecule has 174 valence electrons. The van der Waals surface area contributed by atoms with Crippen molar-refractivity contribution in [1.29, 1.82) is 0 Å². The van der Waals surface area contributed by atoms with Crippen LogP contribution in [0.5, 0.6) is 5.75 Å². The summed E-state index contributed by atoms with van der Waals surface area (Å²) in [4.78, 5) is -0.514. The van der Waals surface area contributed by atoms with Crippen LogP contribution in [0.25, 0.3) is 0 Å². The van der Waals surface area contributed by atoms with Gasteiger partial charge in [0.1, 0.15) is 10.6 Å². The van der Waals surface area contributed by atoms with Gasteiger partial charge in [0.25, 0.3) is 0 Å². The Morgan fingerprint density at radius 2 is 1.69 bits per heavy atom.